The molecule has 2 aromatic rings. The zero-order valence-electron chi connectivity index (χ0n) is 11.6. The van der Waals surface area contributed by atoms with Crippen molar-refractivity contribution >= 4 is 0 Å². The van der Waals surface area contributed by atoms with Gasteiger partial charge in [0.05, 0.1) is 0 Å². The summed E-state index contributed by atoms with van der Waals surface area (Å²) in [6.45, 7) is 0.582. The van der Waals surface area contributed by atoms with Crippen molar-refractivity contribution in [3.8, 4) is 0 Å². The van der Waals surface area contributed by atoms with E-state index in [1.807, 2.05) is 31.3 Å². The van der Waals surface area contributed by atoms with E-state index >= 15 is 0 Å². The van der Waals surface area contributed by atoms with Crippen molar-refractivity contribution in [1.29, 1.82) is 0 Å². The molecule has 0 amide bonds. The number of hydrogen-bond acceptors (Lipinski definition) is 2. The number of nitrogens with zero attached hydrogens (tertiary/aromatic N) is 1. The van der Waals surface area contributed by atoms with Crippen LogP contribution in [0, 0.1) is 5.82 Å². The third-order valence-corrected chi connectivity index (χ3v) is 4.20. The third kappa shape index (κ3) is 2.35. The highest BCUT2D eigenvalue weighted by Crippen LogP contribution is 2.32. The molecular formula is C17H19FN2. The van der Waals surface area contributed by atoms with Gasteiger partial charge >= 0.3 is 0 Å². The first-order valence-electron chi connectivity index (χ1n) is 6.94. The maximum absolute atomic E-state index is 13.7. The first kappa shape index (κ1) is 13.3. The van der Waals surface area contributed by atoms with Gasteiger partial charge in [0.1, 0.15) is 5.82 Å². The summed E-state index contributed by atoms with van der Waals surface area (Å²) < 4.78 is 13.7. The molecule has 0 aromatic heterocycles. The van der Waals surface area contributed by atoms with Crippen LogP contribution < -0.4 is 5.73 Å². The van der Waals surface area contributed by atoms with Gasteiger partial charge in [-0.25, -0.2) is 4.39 Å². The standard InChI is InChI=1S/C17H19FN2/c1-20(11-13-7-3-5-9-15(13)18)16-10-12-6-2-4-8-14(12)17(16)19/h2-9,16-17H,10-11,19H2,1H3. The third-order valence-electron chi connectivity index (χ3n) is 4.20. The van der Waals surface area contributed by atoms with E-state index < -0.39 is 0 Å². The van der Waals surface area contributed by atoms with Crippen LogP contribution in [0.5, 0.6) is 0 Å². The number of fused-ring (bicyclic) bond motifs is 1. The molecule has 1 aliphatic rings. The molecule has 0 saturated heterocycles. The second kappa shape index (κ2) is 5.35. The number of likely N-dealkylation sites (N-methyl/N-ethyl adjacent to an activating group) is 1. The average molecular weight is 270 g/mol. The van der Waals surface area contributed by atoms with E-state index in [1.165, 1.54) is 17.2 Å². The van der Waals surface area contributed by atoms with E-state index in [1.54, 1.807) is 6.07 Å². The topological polar surface area (TPSA) is 29.3 Å². The molecule has 3 rings (SSSR count). The molecule has 0 radical (unpaired) electrons. The first-order chi connectivity index (χ1) is 9.66. The van der Waals surface area contributed by atoms with Gasteiger partial charge in [-0.3, -0.25) is 4.90 Å². The van der Waals surface area contributed by atoms with Crippen LogP contribution in [0.1, 0.15) is 22.7 Å². The lowest BCUT2D eigenvalue weighted by Gasteiger charge is -2.28. The summed E-state index contributed by atoms with van der Waals surface area (Å²) in [6.07, 6.45) is 0.933. The van der Waals surface area contributed by atoms with Crippen LogP contribution in [0.2, 0.25) is 0 Å². The largest absolute Gasteiger partial charge is 0.323 e. The van der Waals surface area contributed by atoms with E-state index in [-0.39, 0.29) is 17.9 Å². The van der Waals surface area contributed by atoms with Gasteiger partial charge in [-0.05, 0) is 30.7 Å². The summed E-state index contributed by atoms with van der Waals surface area (Å²) in [6, 6.07) is 15.5. The lowest BCUT2D eigenvalue weighted by atomic mass is 10.1. The van der Waals surface area contributed by atoms with Crippen molar-refractivity contribution in [1.82, 2.24) is 4.90 Å². The smallest absolute Gasteiger partial charge is 0.127 e. The van der Waals surface area contributed by atoms with Gasteiger partial charge in [-0.2, -0.15) is 0 Å². The summed E-state index contributed by atoms with van der Waals surface area (Å²) in [4.78, 5) is 2.16. The van der Waals surface area contributed by atoms with Crippen LogP contribution in [0.4, 0.5) is 4.39 Å². The van der Waals surface area contributed by atoms with Gasteiger partial charge in [0.15, 0.2) is 0 Å². The second-order valence-corrected chi connectivity index (χ2v) is 5.50. The molecule has 2 atom stereocenters. The van der Waals surface area contributed by atoms with Crippen LogP contribution in [0.25, 0.3) is 0 Å². The first-order valence-corrected chi connectivity index (χ1v) is 6.94. The lowest BCUT2D eigenvalue weighted by molar-refractivity contribution is 0.212. The minimum Gasteiger partial charge on any atom is -0.323 e. The summed E-state index contributed by atoms with van der Waals surface area (Å²) in [5, 5.41) is 0. The molecule has 0 bridgehead atoms. The molecule has 0 fully saturated rings. The Hall–Kier alpha value is -1.71. The van der Waals surface area contributed by atoms with Gasteiger partial charge in [0.25, 0.3) is 0 Å². The molecule has 2 nitrogen and oxygen atoms in total. The fourth-order valence-electron chi connectivity index (χ4n) is 3.05. The van der Waals surface area contributed by atoms with E-state index in [2.05, 4.69) is 17.0 Å². The van der Waals surface area contributed by atoms with Crippen molar-refractivity contribution in [3.63, 3.8) is 0 Å². The van der Waals surface area contributed by atoms with Crippen LogP contribution in [-0.2, 0) is 13.0 Å². The zero-order valence-corrected chi connectivity index (χ0v) is 11.6. The maximum atomic E-state index is 13.7. The Bertz CT molecular complexity index is 611. The average Bonchev–Trinajstić information content (AvgIpc) is 2.79. The number of rotatable bonds is 3. The molecule has 2 aromatic carbocycles. The number of hydrogen-bond donors (Lipinski definition) is 1. The van der Waals surface area contributed by atoms with E-state index in [0.717, 1.165) is 12.0 Å². The number of halogens is 1. The zero-order chi connectivity index (χ0) is 14.1. The lowest BCUT2D eigenvalue weighted by Crippen LogP contribution is -2.38. The van der Waals surface area contributed by atoms with Crippen molar-refractivity contribution < 1.29 is 4.39 Å². The molecule has 2 unspecified atom stereocenters. The van der Waals surface area contributed by atoms with Crippen LogP contribution in [0.3, 0.4) is 0 Å². The maximum Gasteiger partial charge on any atom is 0.127 e. The molecule has 2 N–H and O–H groups in total. The predicted octanol–water partition coefficient (Wildman–Crippen LogP) is 2.88. The fraction of sp³-hybridized carbons (Fsp3) is 0.294. The highest BCUT2D eigenvalue weighted by atomic mass is 19.1. The van der Waals surface area contributed by atoms with E-state index in [9.17, 15) is 4.39 Å². The molecule has 1 aliphatic carbocycles. The SMILES string of the molecule is CN(Cc1ccccc1F)C1Cc2ccccc2C1N. The highest BCUT2D eigenvalue weighted by Gasteiger charge is 2.32. The summed E-state index contributed by atoms with van der Waals surface area (Å²) in [5.41, 5.74) is 9.60. The number of benzene rings is 2. The quantitative estimate of drug-likeness (QED) is 0.929. The Kier molecular flexibility index (Phi) is 3.55. The Balaban J connectivity index is 1.77. The molecule has 0 aliphatic heterocycles. The van der Waals surface area contributed by atoms with Crippen molar-refractivity contribution in [2.45, 2.75) is 25.0 Å². The van der Waals surface area contributed by atoms with Gasteiger partial charge in [0.2, 0.25) is 0 Å². The summed E-state index contributed by atoms with van der Waals surface area (Å²) >= 11 is 0. The molecule has 20 heavy (non-hydrogen) atoms. The normalized spacial score (nSPS) is 21.2. The minimum absolute atomic E-state index is 0.00275. The molecule has 0 heterocycles. The minimum atomic E-state index is -0.150. The van der Waals surface area contributed by atoms with Crippen LogP contribution in [-0.4, -0.2) is 18.0 Å². The summed E-state index contributed by atoms with van der Waals surface area (Å²) in [5.74, 6) is -0.150. The molecular weight excluding hydrogens is 251 g/mol. The van der Waals surface area contributed by atoms with Crippen molar-refractivity contribution in [3.05, 3.63) is 71.0 Å². The van der Waals surface area contributed by atoms with E-state index in [4.69, 9.17) is 5.73 Å². The van der Waals surface area contributed by atoms with Gasteiger partial charge in [-0.1, -0.05) is 42.5 Å². The highest BCUT2D eigenvalue weighted by molar-refractivity contribution is 5.37. The van der Waals surface area contributed by atoms with E-state index in [0.29, 0.717) is 6.54 Å². The van der Waals surface area contributed by atoms with Gasteiger partial charge in [0, 0.05) is 24.2 Å². The van der Waals surface area contributed by atoms with Gasteiger partial charge in [-0.15, -0.1) is 0 Å². The van der Waals surface area contributed by atoms with Crippen molar-refractivity contribution in [2.75, 3.05) is 7.05 Å². The Labute approximate surface area is 119 Å². The van der Waals surface area contributed by atoms with Crippen molar-refractivity contribution in [2.24, 2.45) is 5.73 Å². The Morgan fingerprint density at radius 1 is 1.15 bits per heavy atom. The molecule has 104 valence electrons. The van der Waals surface area contributed by atoms with Gasteiger partial charge < -0.3 is 5.73 Å². The monoisotopic (exact) mass is 270 g/mol. The second-order valence-electron chi connectivity index (χ2n) is 5.50. The Morgan fingerprint density at radius 2 is 1.85 bits per heavy atom. The van der Waals surface area contributed by atoms with Crippen LogP contribution >= 0.6 is 0 Å². The fourth-order valence-corrected chi connectivity index (χ4v) is 3.05. The van der Waals surface area contributed by atoms with Crippen LogP contribution in [0.15, 0.2) is 48.5 Å². The predicted molar refractivity (Wildman–Crippen MR) is 78.7 cm³/mol. The molecule has 0 spiro atoms. The molecule has 3 heteroatoms. The summed E-state index contributed by atoms with van der Waals surface area (Å²) in [7, 11) is 2.02. The Morgan fingerprint density at radius 3 is 2.60 bits per heavy atom. The number of nitrogens with two attached hydrogens (primary N) is 1. The molecule has 0 saturated carbocycles.